The van der Waals surface area contributed by atoms with Crippen molar-refractivity contribution in [3.05, 3.63) is 118 Å². The van der Waals surface area contributed by atoms with Gasteiger partial charge >= 0.3 is 0 Å². The minimum absolute atomic E-state index is 0.0261. The summed E-state index contributed by atoms with van der Waals surface area (Å²) in [6.45, 7) is 1.07. The van der Waals surface area contributed by atoms with Crippen LogP contribution in [0.15, 0.2) is 95.9 Å². The summed E-state index contributed by atoms with van der Waals surface area (Å²) in [5, 5.41) is -0.0261. The zero-order valence-corrected chi connectivity index (χ0v) is 23.8. The first kappa shape index (κ1) is 27.1. The van der Waals surface area contributed by atoms with Crippen LogP contribution in [-0.4, -0.2) is 33.3 Å². The number of anilines is 3. The van der Waals surface area contributed by atoms with Crippen molar-refractivity contribution in [2.45, 2.75) is 30.6 Å². The summed E-state index contributed by atoms with van der Waals surface area (Å²) < 4.78 is 29.9. The minimum Gasteiger partial charge on any atom is -0.308 e. The zero-order valence-electron chi connectivity index (χ0n) is 22.2. The molecule has 2 aliphatic rings. The predicted octanol–water partition coefficient (Wildman–Crippen LogP) is 6.33. The van der Waals surface area contributed by atoms with Gasteiger partial charge in [-0.05, 0) is 79.3 Å². The molecule has 2 heterocycles. The summed E-state index contributed by atoms with van der Waals surface area (Å²) in [4.78, 5) is 30.4. The molecule has 208 valence electrons. The number of hydrogen-bond acceptors (Lipinski definition) is 4. The van der Waals surface area contributed by atoms with E-state index in [4.69, 9.17) is 11.6 Å². The van der Waals surface area contributed by atoms with Gasteiger partial charge < -0.3 is 9.80 Å². The van der Waals surface area contributed by atoms with Crippen molar-refractivity contribution in [3.8, 4) is 0 Å². The van der Waals surface area contributed by atoms with E-state index in [1.165, 1.54) is 18.2 Å². The highest BCUT2D eigenvalue weighted by molar-refractivity contribution is 7.92. The average molecular weight is 586 g/mol. The van der Waals surface area contributed by atoms with E-state index >= 15 is 0 Å². The topological polar surface area (TPSA) is 86.8 Å². The molecular weight excluding hydrogens is 558 g/mol. The molecule has 0 bridgehead atoms. The zero-order chi connectivity index (χ0) is 28.6. The predicted molar refractivity (Wildman–Crippen MR) is 162 cm³/mol. The molecule has 0 saturated heterocycles. The number of hydrogen-bond donors (Lipinski definition) is 1. The number of halogens is 1. The molecule has 4 aromatic rings. The van der Waals surface area contributed by atoms with Crippen LogP contribution in [0, 0.1) is 0 Å². The van der Waals surface area contributed by atoms with E-state index in [9.17, 15) is 18.0 Å². The molecule has 2 aliphatic heterocycles. The Morgan fingerprint density at radius 3 is 1.93 bits per heavy atom. The molecule has 9 heteroatoms. The van der Waals surface area contributed by atoms with Gasteiger partial charge in [0, 0.05) is 30.0 Å². The molecule has 41 heavy (non-hydrogen) atoms. The van der Waals surface area contributed by atoms with E-state index in [2.05, 4.69) is 4.72 Å². The quantitative estimate of drug-likeness (QED) is 0.297. The number of para-hydroxylation sites is 3. The van der Waals surface area contributed by atoms with Crippen LogP contribution >= 0.6 is 11.6 Å². The van der Waals surface area contributed by atoms with Gasteiger partial charge in [0.15, 0.2) is 0 Å². The molecule has 0 radical (unpaired) electrons. The van der Waals surface area contributed by atoms with Gasteiger partial charge in [-0.15, -0.1) is 0 Å². The lowest BCUT2D eigenvalue weighted by Crippen LogP contribution is -2.36. The first-order chi connectivity index (χ1) is 19.8. The van der Waals surface area contributed by atoms with Crippen LogP contribution in [0.2, 0.25) is 5.02 Å². The third-order valence-electron chi connectivity index (χ3n) is 7.58. The van der Waals surface area contributed by atoms with Gasteiger partial charge in [-0.25, -0.2) is 8.42 Å². The van der Waals surface area contributed by atoms with Gasteiger partial charge in [-0.3, -0.25) is 14.3 Å². The smallest absolute Gasteiger partial charge is 0.263 e. The van der Waals surface area contributed by atoms with Crippen molar-refractivity contribution in [1.82, 2.24) is 0 Å². The van der Waals surface area contributed by atoms with Crippen LogP contribution in [-0.2, 0) is 22.9 Å². The molecule has 0 fully saturated rings. The summed E-state index contributed by atoms with van der Waals surface area (Å²) in [5.74, 6) is -0.598. The molecule has 0 saturated carbocycles. The molecule has 0 unspecified atom stereocenters. The van der Waals surface area contributed by atoms with Crippen LogP contribution < -0.4 is 14.5 Å². The summed E-state index contributed by atoms with van der Waals surface area (Å²) in [5.41, 5.74) is 4.38. The maximum atomic E-state index is 13.7. The highest BCUT2D eigenvalue weighted by Gasteiger charge is 2.29. The third kappa shape index (κ3) is 5.21. The number of benzene rings is 4. The van der Waals surface area contributed by atoms with Gasteiger partial charge in [-0.1, -0.05) is 60.1 Å². The number of sulfonamides is 1. The lowest BCUT2D eigenvalue weighted by atomic mass is 10.0. The first-order valence-corrected chi connectivity index (χ1v) is 15.4. The summed E-state index contributed by atoms with van der Waals surface area (Å²) in [7, 11) is -4.26. The van der Waals surface area contributed by atoms with Crippen molar-refractivity contribution in [1.29, 1.82) is 0 Å². The second kappa shape index (κ2) is 11.0. The maximum absolute atomic E-state index is 13.7. The Morgan fingerprint density at radius 2 is 1.27 bits per heavy atom. The fourth-order valence-corrected chi connectivity index (χ4v) is 7.20. The summed E-state index contributed by atoms with van der Waals surface area (Å²) in [6.07, 6.45) is 3.39. The van der Waals surface area contributed by atoms with Gasteiger partial charge in [0.05, 0.1) is 16.3 Å². The molecule has 0 spiro atoms. The van der Waals surface area contributed by atoms with Crippen molar-refractivity contribution < 1.29 is 18.0 Å². The van der Waals surface area contributed by atoms with Crippen LogP contribution in [0.4, 0.5) is 17.1 Å². The molecule has 2 amide bonds. The summed E-state index contributed by atoms with van der Waals surface area (Å²) in [6, 6.07) is 26.2. The molecule has 1 N–H and O–H groups in total. The Kier molecular flexibility index (Phi) is 7.28. The van der Waals surface area contributed by atoms with E-state index in [0.717, 1.165) is 48.2 Å². The normalized spacial score (nSPS) is 14.7. The highest BCUT2D eigenvalue weighted by Crippen LogP contribution is 2.33. The monoisotopic (exact) mass is 585 g/mol. The number of rotatable bonds is 5. The van der Waals surface area contributed by atoms with Crippen molar-refractivity contribution in [2.24, 2.45) is 0 Å². The molecular formula is C32H28ClN3O4S. The van der Waals surface area contributed by atoms with Gasteiger partial charge in [0.25, 0.3) is 21.8 Å². The number of carbonyl (C=O) groups excluding carboxylic acids is 2. The SMILES string of the molecule is O=C(c1ccc(Cl)c(S(=O)(=O)Nc2ccccc2C(=O)N2CCCc3ccccc32)c1)N1CCCc2ccccc21. The van der Waals surface area contributed by atoms with Crippen molar-refractivity contribution in [2.75, 3.05) is 27.6 Å². The second-order valence-corrected chi connectivity index (χ2v) is 12.2. The lowest BCUT2D eigenvalue weighted by Gasteiger charge is -2.30. The Bertz CT molecular complexity index is 1770. The van der Waals surface area contributed by atoms with Crippen LogP contribution in [0.3, 0.4) is 0 Å². The van der Waals surface area contributed by atoms with Gasteiger partial charge in [-0.2, -0.15) is 0 Å². The van der Waals surface area contributed by atoms with Gasteiger partial charge in [0.2, 0.25) is 0 Å². The Hall–Kier alpha value is -4.14. The molecule has 6 rings (SSSR count). The fourth-order valence-electron chi connectivity index (χ4n) is 5.59. The van der Waals surface area contributed by atoms with E-state index in [1.54, 1.807) is 34.1 Å². The van der Waals surface area contributed by atoms with E-state index in [0.29, 0.717) is 13.1 Å². The van der Waals surface area contributed by atoms with Gasteiger partial charge in [0.1, 0.15) is 4.90 Å². The Labute approximate surface area is 244 Å². The largest absolute Gasteiger partial charge is 0.308 e. The third-order valence-corrected chi connectivity index (χ3v) is 9.43. The minimum atomic E-state index is -4.26. The molecule has 0 atom stereocenters. The molecule has 4 aromatic carbocycles. The summed E-state index contributed by atoms with van der Waals surface area (Å²) >= 11 is 6.38. The van der Waals surface area contributed by atoms with E-state index in [-0.39, 0.29) is 38.5 Å². The number of aryl methyl sites for hydroxylation is 2. The van der Waals surface area contributed by atoms with Crippen molar-refractivity contribution >= 4 is 50.5 Å². The lowest BCUT2D eigenvalue weighted by molar-refractivity contribution is 0.0977. The first-order valence-electron chi connectivity index (χ1n) is 13.5. The number of fused-ring (bicyclic) bond motifs is 2. The highest BCUT2D eigenvalue weighted by atomic mass is 35.5. The second-order valence-electron chi connectivity index (χ2n) is 10.2. The van der Waals surface area contributed by atoms with Crippen LogP contribution in [0.25, 0.3) is 0 Å². The van der Waals surface area contributed by atoms with E-state index < -0.39 is 10.0 Å². The fraction of sp³-hybridized carbons (Fsp3) is 0.188. The number of nitrogens with zero attached hydrogens (tertiary/aromatic N) is 2. The Balaban J connectivity index is 1.30. The van der Waals surface area contributed by atoms with Crippen molar-refractivity contribution in [3.63, 3.8) is 0 Å². The van der Waals surface area contributed by atoms with Crippen LogP contribution in [0.5, 0.6) is 0 Å². The van der Waals surface area contributed by atoms with Crippen LogP contribution in [0.1, 0.15) is 44.7 Å². The molecule has 7 nitrogen and oxygen atoms in total. The molecule has 0 aromatic heterocycles. The number of nitrogens with one attached hydrogen (secondary N) is 1. The van der Waals surface area contributed by atoms with E-state index in [1.807, 2.05) is 48.5 Å². The molecule has 0 aliphatic carbocycles. The number of carbonyl (C=O) groups is 2. The maximum Gasteiger partial charge on any atom is 0.263 e. The average Bonchev–Trinajstić information content (AvgIpc) is 3.00. The standard InChI is InChI=1S/C32H28ClN3O4S/c33-26-18-17-24(31(37)35-19-7-11-22-9-1-5-15-28(22)35)21-30(26)41(39,40)34-27-14-4-3-13-25(27)32(38)36-20-8-12-23-10-2-6-16-29(23)36/h1-6,9-10,13-18,21,34H,7-8,11-12,19-20H2. The Morgan fingerprint density at radius 1 is 0.707 bits per heavy atom. The number of amides is 2.